The van der Waals surface area contributed by atoms with E-state index in [1.54, 1.807) is 7.11 Å². The summed E-state index contributed by atoms with van der Waals surface area (Å²) in [5, 5.41) is 3.64. The van der Waals surface area contributed by atoms with Gasteiger partial charge in [0, 0.05) is 12.2 Å². The van der Waals surface area contributed by atoms with Crippen molar-refractivity contribution in [1.82, 2.24) is 5.32 Å². The maximum absolute atomic E-state index is 5.24. The van der Waals surface area contributed by atoms with Crippen molar-refractivity contribution in [1.29, 1.82) is 0 Å². The number of nitrogens with one attached hydrogen (secondary N) is 1. The molecule has 0 unspecified atom stereocenters. The van der Waals surface area contributed by atoms with Gasteiger partial charge in [-0.05, 0) is 59.1 Å². The van der Waals surface area contributed by atoms with Crippen LogP contribution in [0.1, 0.15) is 50.3 Å². The smallest absolute Gasteiger partial charge is 0.118 e. The average Bonchev–Trinajstić information content (AvgIpc) is 2.58. The molecule has 2 aromatic rings. The zero-order chi connectivity index (χ0) is 17.9. The Hall–Kier alpha value is -2.22. The summed E-state index contributed by atoms with van der Waals surface area (Å²) in [5.74, 6) is 0.914. The summed E-state index contributed by atoms with van der Waals surface area (Å²) >= 11 is 0. The molecule has 0 amide bonds. The van der Waals surface area contributed by atoms with Crippen molar-refractivity contribution >= 4 is 5.57 Å². The van der Waals surface area contributed by atoms with E-state index in [0.29, 0.717) is 0 Å². The lowest BCUT2D eigenvalue weighted by Gasteiger charge is -2.26. The van der Waals surface area contributed by atoms with E-state index in [2.05, 4.69) is 62.5 Å². The molecule has 132 valence electrons. The third-order valence-corrected chi connectivity index (χ3v) is 5.00. The Kier molecular flexibility index (Phi) is 5.17. The van der Waals surface area contributed by atoms with Crippen LogP contribution in [-0.2, 0) is 11.8 Å². The molecule has 0 aliphatic heterocycles. The number of methoxy groups -OCH3 is 1. The van der Waals surface area contributed by atoms with Crippen LogP contribution in [0.3, 0.4) is 0 Å². The van der Waals surface area contributed by atoms with Crippen molar-refractivity contribution in [3.05, 3.63) is 70.9 Å². The van der Waals surface area contributed by atoms with Crippen molar-refractivity contribution in [2.24, 2.45) is 0 Å². The topological polar surface area (TPSA) is 21.3 Å². The summed E-state index contributed by atoms with van der Waals surface area (Å²) in [6.07, 6.45) is 3.38. The molecular weight excluding hydrogens is 306 g/mol. The predicted molar refractivity (Wildman–Crippen MR) is 106 cm³/mol. The van der Waals surface area contributed by atoms with Crippen LogP contribution in [0.2, 0.25) is 0 Å². The molecule has 0 bridgehead atoms. The van der Waals surface area contributed by atoms with Gasteiger partial charge in [0.25, 0.3) is 0 Å². The fourth-order valence-electron chi connectivity index (χ4n) is 3.21. The van der Waals surface area contributed by atoms with Crippen molar-refractivity contribution < 1.29 is 4.74 Å². The maximum Gasteiger partial charge on any atom is 0.118 e. The van der Waals surface area contributed by atoms with E-state index in [0.717, 1.165) is 31.6 Å². The van der Waals surface area contributed by atoms with Gasteiger partial charge in [-0.15, -0.1) is 0 Å². The third-order valence-electron chi connectivity index (χ3n) is 5.00. The summed E-state index contributed by atoms with van der Waals surface area (Å²) in [5.41, 5.74) is 7.17. The molecule has 2 heteroatoms. The molecule has 0 fully saturated rings. The summed E-state index contributed by atoms with van der Waals surface area (Å²) in [6, 6.07) is 17.4. The lowest BCUT2D eigenvalue weighted by atomic mass is 9.86. The molecule has 25 heavy (non-hydrogen) atoms. The molecule has 0 heterocycles. The molecule has 0 spiro atoms. The zero-order valence-corrected chi connectivity index (χ0v) is 15.9. The van der Waals surface area contributed by atoms with Gasteiger partial charge in [0.1, 0.15) is 5.75 Å². The summed E-state index contributed by atoms with van der Waals surface area (Å²) in [6.45, 7) is 7.76. The largest absolute Gasteiger partial charge is 0.497 e. The van der Waals surface area contributed by atoms with E-state index < -0.39 is 0 Å². The minimum Gasteiger partial charge on any atom is -0.497 e. The maximum atomic E-state index is 5.24. The highest BCUT2D eigenvalue weighted by atomic mass is 16.5. The minimum atomic E-state index is 0.223. The van der Waals surface area contributed by atoms with Crippen LogP contribution in [0.25, 0.3) is 5.57 Å². The van der Waals surface area contributed by atoms with Crippen LogP contribution in [0.5, 0.6) is 5.75 Å². The van der Waals surface area contributed by atoms with Crippen LogP contribution < -0.4 is 10.1 Å². The first kappa shape index (κ1) is 17.6. The molecule has 2 aromatic carbocycles. The number of rotatable bonds is 6. The van der Waals surface area contributed by atoms with Crippen LogP contribution in [0.15, 0.2) is 54.2 Å². The molecule has 3 rings (SSSR count). The first-order chi connectivity index (χ1) is 12.0. The second-order valence-corrected chi connectivity index (χ2v) is 7.81. The van der Waals surface area contributed by atoms with Crippen molar-refractivity contribution in [2.75, 3.05) is 13.7 Å². The quantitative estimate of drug-likeness (QED) is 0.770. The van der Waals surface area contributed by atoms with Crippen LogP contribution in [0.4, 0.5) is 0 Å². The van der Waals surface area contributed by atoms with Crippen molar-refractivity contribution in [3.8, 4) is 5.75 Å². The van der Waals surface area contributed by atoms with E-state index in [9.17, 15) is 0 Å². The SMILES string of the molecule is COc1ccc(C2=C(NCCc3ccc(C(C)(C)C)cc3)CC2)cc1. The van der Waals surface area contributed by atoms with Gasteiger partial charge in [0.05, 0.1) is 7.11 Å². The first-order valence-corrected chi connectivity index (χ1v) is 9.17. The number of benzene rings is 2. The fraction of sp³-hybridized carbons (Fsp3) is 0.391. The molecule has 2 nitrogen and oxygen atoms in total. The van der Waals surface area contributed by atoms with Gasteiger partial charge >= 0.3 is 0 Å². The number of hydrogen-bond donors (Lipinski definition) is 1. The van der Waals surface area contributed by atoms with E-state index in [4.69, 9.17) is 4.74 Å². The van der Waals surface area contributed by atoms with E-state index in [1.165, 1.54) is 28.0 Å². The highest BCUT2D eigenvalue weighted by Crippen LogP contribution is 2.35. The van der Waals surface area contributed by atoms with Gasteiger partial charge in [-0.3, -0.25) is 0 Å². The lowest BCUT2D eigenvalue weighted by molar-refractivity contribution is 0.415. The standard InChI is InChI=1S/C23H29NO/c1-23(2,3)19-9-5-17(6-10-19)15-16-24-22-14-13-21(22)18-7-11-20(25-4)12-8-18/h5-12,24H,13-16H2,1-4H3. The van der Waals surface area contributed by atoms with Crippen LogP contribution in [0, 0.1) is 0 Å². The van der Waals surface area contributed by atoms with Crippen LogP contribution in [-0.4, -0.2) is 13.7 Å². The molecule has 0 aromatic heterocycles. The van der Waals surface area contributed by atoms with Gasteiger partial charge < -0.3 is 10.1 Å². The first-order valence-electron chi connectivity index (χ1n) is 9.17. The molecule has 0 saturated heterocycles. The predicted octanol–water partition coefficient (Wildman–Crippen LogP) is 5.33. The molecule has 0 atom stereocenters. The molecule has 1 N–H and O–H groups in total. The Morgan fingerprint density at radius 3 is 2.12 bits per heavy atom. The summed E-state index contributed by atoms with van der Waals surface area (Å²) in [7, 11) is 1.71. The highest BCUT2D eigenvalue weighted by molar-refractivity contribution is 5.73. The van der Waals surface area contributed by atoms with Gasteiger partial charge in [-0.25, -0.2) is 0 Å². The monoisotopic (exact) mass is 335 g/mol. The van der Waals surface area contributed by atoms with E-state index in [-0.39, 0.29) is 5.41 Å². The van der Waals surface area contributed by atoms with Gasteiger partial charge in [0.15, 0.2) is 0 Å². The molecule has 0 saturated carbocycles. The average molecular weight is 335 g/mol. The van der Waals surface area contributed by atoms with E-state index in [1.807, 2.05) is 12.1 Å². The lowest BCUT2D eigenvalue weighted by Crippen LogP contribution is -2.23. The van der Waals surface area contributed by atoms with Gasteiger partial charge in [-0.2, -0.15) is 0 Å². The molecule has 1 aliphatic rings. The van der Waals surface area contributed by atoms with E-state index >= 15 is 0 Å². The Morgan fingerprint density at radius 1 is 0.920 bits per heavy atom. The Balaban J connectivity index is 1.56. The fourth-order valence-corrected chi connectivity index (χ4v) is 3.21. The number of allylic oxidation sites excluding steroid dienone is 2. The Morgan fingerprint density at radius 2 is 1.60 bits per heavy atom. The van der Waals surface area contributed by atoms with Crippen LogP contribution >= 0.6 is 0 Å². The molecule has 1 aliphatic carbocycles. The second kappa shape index (κ2) is 7.35. The molecule has 0 radical (unpaired) electrons. The number of ether oxygens (including phenoxy) is 1. The summed E-state index contributed by atoms with van der Waals surface area (Å²) < 4.78 is 5.24. The molecular formula is C23H29NO. The third kappa shape index (κ3) is 4.25. The zero-order valence-electron chi connectivity index (χ0n) is 15.9. The Bertz CT molecular complexity index is 733. The normalized spacial score (nSPS) is 14.2. The van der Waals surface area contributed by atoms with Crippen molar-refractivity contribution in [2.45, 2.75) is 45.4 Å². The number of hydrogen-bond acceptors (Lipinski definition) is 2. The van der Waals surface area contributed by atoms with Gasteiger partial charge in [0.2, 0.25) is 0 Å². The highest BCUT2D eigenvalue weighted by Gasteiger charge is 2.18. The van der Waals surface area contributed by atoms with Gasteiger partial charge in [-0.1, -0.05) is 57.2 Å². The second-order valence-electron chi connectivity index (χ2n) is 7.81. The minimum absolute atomic E-state index is 0.223. The van der Waals surface area contributed by atoms with Crippen molar-refractivity contribution in [3.63, 3.8) is 0 Å². The summed E-state index contributed by atoms with van der Waals surface area (Å²) in [4.78, 5) is 0. The Labute approximate surface area is 151 Å².